The van der Waals surface area contributed by atoms with Crippen molar-refractivity contribution in [1.29, 1.82) is 0 Å². The molecule has 1 saturated heterocycles. The molecule has 2 aliphatic carbocycles. The van der Waals surface area contributed by atoms with Gasteiger partial charge >= 0.3 is 0 Å². The molecular formula is C27H31N3O5. The lowest BCUT2D eigenvalue weighted by Crippen LogP contribution is -2.65. The summed E-state index contributed by atoms with van der Waals surface area (Å²) in [6, 6.07) is 8.08. The Kier molecular flexibility index (Phi) is 5.27. The number of rotatable bonds is 6. The van der Waals surface area contributed by atoms with Crippen LogP contribution in [-0.4, -0.2) is 80.5 Å². The molecule has 1 aromatic heterocycles. The monoisotopic (exact) mass is 477 g/mol. The molecule has 4 aliphatic rings. The Morgan fingerprint density at radius 2 is 2.14 bits per heavy atom. The number of ether oxygens (including phenoxy) is 4. The number of amides is 1. The molecule has 1 aromatic carbocycles. The van der Waals surface area contributed by atoms with E-state index in [4.69, 9.17) is 18.9 Å². The van der Waals surface area contributed by atoms with Gasteiger partial charge in [0, 0.05) is 50.3 Å². The molecule has 8 heteroatoms. The van der Waals surface area contributed by atoms with Gasteiger partial charge in [-0.2, -0.15) is 0 Å². The van der Waals surface area contributed by atoms with Crippen LogP contribution in [0.4, 0.5) is 0 Å². The van der Waals surface area contributed by atoms with Crippen LogP contribution >= 0.6 is 0 Å². The third-order valence-electron chi connectivity index (χ3n) is 8.10. The number of nitrogens with zero attached hydrogens (tertiary/aromatic N) is 3. The fraction of sp³-hybridized carbons (Fsp3) is 0.481. The maximum Gasteiger partial charge on any atom is 0.258 e. The summed E-state index contributed by atoms with van der Waals surface area (Å²) < 4.78 is 24.4. The fourth-order valence-corrected chi connectivity index (χ4v) is 6.56. The van der Waals surface area contributed by atoms with Crippen molar-refractivity contribution >= 4 is 5.91 Å². The van der Waals surface area contributed by atoms with Gasteiger partial charge < -0.3 is 28.7 Å². The third kappa shape index (κ3) is 3.19. The number of benzene rings is 1. The summed E-state index contributed by atoms with van der Waals surface area (Å²) in [6.45, 7) is 1.14. The van der Waals surface area contributed by atoms with Gasteiger partial charge in [0.25, 0.3) is 5.91 Å². The maximum absolute atomic E-state index is 12.8. The predicted molar refractivity (Wildman–Crippen MR) is 129 cm³/mol. The van der Waals surface area contributed by atoms with Crippen LogP contribution in [0, 0.1) is 5.92 Å². The highest BCUT2D eigenvalue weighted by atomic mass is 16.7. The van der Waals surface area contributed by atoms with Crippen LogP contribution in [0.15, 0.2) is 42.6 Å². The van der Waals surface area contributed by atoms with Gasteiger partial charge in [0.05, 0.1) is 0 Å². The van der Waals surface area contributed by atoms with E-state index >= 15 is 0 Å². The SMILES string of the molecule is COCOc1ccc2c3c1O[C@H]1[C@@H](Oc4ncccc4C(=O)N(C)C)C=C[C@H]4[C@@H](C2)N(C)CC[C@@]341. The minimum absolute atomic E-state index is 0.144. The summed E-state index contributed by atoms with van der Waals surface area (Å²) in [5.74, 6) is 2.00. The molecule has 1 amide bonds. The number of carbonyl (C=O) groups excluding carboxylic acids is 1. The smallest absolute Gasteiger partial charge is 0.258 e. The molecule has 1 fully saturated rings. The number of hydrogen-bond donors (Lipinski definition) is 0. The van der Waals surface area contributed by atoms with Crippen molar-refractivity contribution in [3.05, 3.63) is 59.3 Å². The molecule has 3 heterocycles. The molecule has 35 heavy (non-hydrogen) atoms. The number of methoxy groups -OCH3 is 1. The van der Waals surface area contributed by atoms with E-state index in [9.17, 15) is 4.79 Å². The number of hydrogen-bond acceptors (Lipinski definition) is 7. The zero-order chi connectivity index (χ0) is 24.3. The zero-order valence-corrected chi connectivity index (χ0v) is 20.6. The van der Waals surface area contributed by atoms with E-state index in [-0.39, 0.29) is 24.2 Å². The topological polar surface area (TPSA) is 73.4 Å². The van der Waals surface area contributed by atoms with Crippen LogP contribution < -0.4 is 14.2 Å². The summed E-state index contributed by atoms with van der Waals surface area (Å²) >= 11 is 0. The Bertz CT molecular complexity index is 1200. The summed E-state index contributed by atoms with van der Waals surface area (Å²) in [5.41, 5.74) is 2.80. The number of piperidine rings is 1. The molecule has 2 bridgehead atoms. The normalized spacial score (nSPS) is 29.8. The van der Waals surface area contributed by atoms with Crippen LogP contribution in [-0.2, 0) is 16.6 Å². The number of aromatic nitrogens is 1. The molecule has 5 atom stereocenters. The van der Waals surface area contributed by atoms with Crippen molar-refractivity contribution in [3.63, 3.8) is 0 Å². The van der Waals surface area contributed by atoms with Gasteiger partial charge in [0.1, 0.15) is 11.7 Å². The molecule has 2 aliphatic heterocycles. The summed E-state index contributed by atoms with van der Waals surface area (Å²) in [7, 11) is 7.28. The van der Waals surface area contributed by atoms with Crippen molar-refractivity contribution in [2.45, 2.75) is 36.5 Å². The van der Waals surface area contributed by atoms with Crippen molar-refractivity contribution in [1.82, 2.24) is 14.8 Å². The zero-order valence-electron chi connectivity index (χ0n) is 20.6. The average molecular weight is 478 g/mol. The Labute approximate surface area is 205 Å². The lowest BCUT2D eigenvalue weighted by atomic mass is 9.53. The first-order valence-corrected chi connectivity index (χ1v) is 12.1. The average Bonchev–Trinajstić information content (AvgIpc) is 3.21. The van der Waals surface area contributed by atoms with Crippen LogP contribution in [0.3, 0.4) is 0 Å². The molecule has 0 saturated carbocycles. The molecule has 0 N–H and O–H groups in total. The molecule has 8 nitrogen and oxygen atoms in total. The van der Waals surface area contributed by atoms with E-state index in [1.807, 2.05) is 6.07 Å². The number of pyridine rings is 1. The number of likely N-dealkylation sites (N-methyl/N-ethyl adjacent to an activating group) is 1. The largest absolute Gasteiger partial charge is 0.481 e. The van der Waals surface area contributed by atoms with Gasteiger partial charge in [-0.25, -0.2) is 4.98 Å². The predicted octanol–water partition coefficient (Wildman–Crippen LogP) is 2.66. The second-order valence-corrected chi connectivity index (χ2v) is 10.1. The third-order valence-corrected chi connectivity index (χ3v) is 8.10. The first-order valence-electron chi connectivity index (χ1n) is 12.1. The second kappa shape index (κ2) is 8.24. The highest BCUT2D eigenvalue weighted by molar-refractivity contribution is 5.96. The van der Waals surface area contributed by atoms with E-state index in [1.54, 1.807) is 39.5 Å². The molecule has 0 unspecified atom stereocenters. The van der Waals surface area contributed by atoms with Gasteiger partial charge in [0.15, 0.2) is 24.4 Å². The Hall–Kier alpha value is -3.10. The van der Waals surface area contributed by atoms with Crippen molar-refractivity contribution in [2.24, 2.45) is 5.92 Å². The van der Waals surface area contributed by atoms with Crippen molar-refractivity contribution < 1.29 is 23.7 Å². The van der Waals surface area contributed by atoms with E-state index < -0.39 is 6.10 Å². The van der Waals surface area contributed by atoms with E-state index in [0.29, 0.717) is 29.2 Å². The molecule has 6 rings (SSSR count). The molecule has 1 spiro atoms. The van der Waals surface area contributed by atoms with Crippen molar-refractivity contribution in [3.8, 4) is 17.4 Å². The van der Waals surface area contributed by atoms with Gasteiger partial charge in [-0.1, -0.05) is 12.1 Å². The maximum atomic E-state index is 12.8. The highest BCUT2D eigenvalue weighted by Crippen LogP contribution is 2.62. The van der Waals surface area contributed by atoms with Crippen LogP contribution in [0.5, 0.6) is 17.4 Å². The van der Waals surface area contributed by atoms with Crippen LogP contribution in [0.1, 0.15) is 27.9 Å². The van der Waals surface area contributed by atoms with E-state index in [2.05, 4.69) is 35.1 Å². The Morgan fingerprint density at radius 3 is 2.94 bits per heavy atom. The lowest BCUT2D eigenvalue weighted by Gasteiger charge is -2.56. The molecular weight excluding hydrogens is 446 g/mol. The lowest BCUT2D eigenvalue weighted by molar-refractivity contribution is -0.0398. The fourth-order valence-electron chi connectivity index (χ4n) is 6.56. The molecule has 2 aromatic rings. The van der Waals surface area contributed by atoms with Gasteiger partial charge in [-0.15, -0.1) is 0 Å². The molecule has 0 radical (unpaired) electrons. The first kappa shape index (κ1) is 22.4. The standard InChI is InChI=1S/C27H31N3O5/c1-29(2)26(31)17-6-5-12-28-25(17)34-21-10-8-18-19-14-16-7-9-20(33-15-32-4)23-22(16)27(18,24(21)35-23)11-13-30(19)3/h5-10,12,18-19,21,24H,11,13-15H2,1-4H3/t18-,19+,21-,24-,27-/m0/s1. The van der Waals surface area contributed by atoms with Crippen LogP contribution in [0.2, 0.25) is 0 Å². The first-order chi connectivity index (χ1) is 17.0. The summed E-state index contributed by atoms with van der Waals surface area (Å²) in [4.78, 5) is 21.2. The van der Waals surface area contributed by atoms with Crippen molar-refractivity contribution in [2.75, 3.05) is 41.6 Å². The van der Waals surface area contributed by atoms with Gasteiger partial charge in [0.2, 0.25) is 5.88 Å². The Balaban J connectivity index is 1.44. The number of carbonyl (C=O) groups is 1. The quantitative estimate of drug-likeness (QED) is 0.468. The Morgan fingerprint density at radius 1 is 1.29 bits per heavy atom. The van der Waals surface area contributed by atoms with Crippen LogP contribution in [0.25, 0.3) is 0 Å². The van der Waals surface area contributed by atoms with Gasteiger partial charge in [-0.05, 0) is 56.3 Å². The second-order valence-electron chi connectivity index (χ2n) is 10.1. The van der Waals surface area contributed by atoms with Gasteiger partial charge in [-0.3, -0.25) is 4.79 Å². The van der Waals surface area contributed by atoms with E-state index in [1.165, 1.54) is 16.0 Å². The highest BCUT2D eigenvalue weighted by Gasteiger charge is 2.65. The summed E-state index contributed by atoms with van der Waals surface area (Å²) in [5, 5.41) is 0. The van der Waals surface area contributed by atoms with E-state index in [0.717, 1.165) is 25.1 Å². The minimum atomic E-state index is -0.396. The number of likely N-dealkylation sites (tertiary alicyclic amines) is 1. The minimum Gasteiger partial charge on any atom is -0.481 e. The summed E-state index contributed by atoms with van der Waals surface area (Å²) in [6.07, 6.45) is 7.35. The molecule has 184 valence electrons.